The van der Waals surface area contributed by atoms with E-state index in [0.29, 0.717) is 22.2 Å². The normalized spacial score (nSPS) is 10.9. The van der Waals surface area contributed by atoms with Crippen molar-refractivity contribution < 1.29 is 14.3 Å². The molecule has 0 saturated carbocycles. The van der Waals surface area contributed by atoms with Crippen LogP contribution in [0.2, 0.25) is 0 Å². The molecule has 4 rings (SSSR count). The average Bonchev–Trinajstić information content (AvgIpc) is 2.83. The Morgan fingerprint density at radius 2 is 1.76 bits per heavy atom. The number of aryl methyl sites for hydroxylation is 1. The Balaban J connectivity index is 1.56. The Kier molecular flexibility index (Phi) is 6.45. The first-order valence-electron chi connectivity index (χ1n) is 10.8. The lowest BCUT2D eigenvalue weighted by atomic mass is 9.98. The van der Waals surface area contributed by atoms with Crippen molar-refractivity contribution in [3.63, 3.8) is 0 Å². The fourth-order valence-electron chi connectivity index (χ4n) is 3.74. The van der Waals surface area contributed by atoms with Crippen molar-refractivity contribution in [1.82, 2.24) is 9.97 Å². The number of benzene rings is 2. The van der Waals surface area contributed by atoms with Crippen molar-refractivity contribution in [2.45, 2.75) is 26.7 Å². The topological polar surface area (TPSA) is 81.2 Å². The first kappa shape index (κ1) is 22.1. The highest BCUT2D eigenvalue weighted by Crippen LogP contribution is 2.28. The molecule has 2 aromatic carbocycles. The lowest BCUT2D eigenvalue weighted by molar-refractivity contribution is -0.119. The predicted molar refractivity (Wildman–Crippen MR) is 129 cm³/mol. The molecule has 166 valence electrons. The second-order valence-corrected chi connectivity index (χ2v) is 8.13. The highest BCUT2D eigenvalue weighted by molar-refractivity contribution is 6.05. The van der Waals surface area contributed by atoms with Crippen molar-refractivity contribution in [2.75, 3.05) is 11.9 Å². The van der Waals surface area contributed by atoms with Gasteiger partial charge < -0.3 is 10.1 Å². The van der Waals surface area contributed by atoms with Crippen molar-refractivity contribution in [1.29, 1.82) is 0 Å². The van der Waals surface area contributed by atoms with Gasteiger partial charge in [0.05, 0.1) is 16.8 Å². The standard InChI is InChI=1S/C27H25N3O3/c1-17(2)20-9-6-7-18(3)26(20)30-25(31)16-33-27(32)22-15-24(19-11-13-28-14-12-19)29-23-10-5-4-8-21(22)23/h4-15,17H,16H2,1-3H3,(H,30,31). The number of esters is 1. The summed E-state index contributed by atoms with van der Waals surface area (Å²) in [6, 6.07) is 18.6. The second-order valence-electron chi connectivity index (χ2n) is 8.13. The minimum Gasteiger partial charge on any atom is -0.452 e. The molecule has 0 unspecified atom stereocenters. The van der Waals surface area contributed by atoms with E-state index in [4.69, 9.17) is 4.74 Å². The van der Waals surface area contributed by atoms with Crippen LogP contribution in [0.25, 0.3) is 22.2 Å². The van der Waals surface area contributed by atoms with Gasteiger partial charge in [0, 0.05) is 29.0 Å². The van der Waals surface area contributed by atoms with Crippen LogP contribution in [0.15, 0.2) is 73.1 Å². The Hall–Kier alpha value is -4.06. The zero-order valence-electron chi connectivity index (χ0n) is 18.8. The highest BCUT2D eigenvalue weighted by Gasteiger charge is 2.18. The molecule has 0 atom stereocenters. The number of carbonyl (C=O) groups is 2. The number of ether oxygens (including phenoxy) is 1. The van der Waals surface area contributed by atoms with Gasteiger partial charge in [-0.15, -0.1) is 0 Å². The van der Waals surface area contributed by atoms with Crippen molar-refractivity contribution in [2.24, 2.45) is 0 Å². The van der Waals surface area contributed by atoms with Gasteiger partial charge in [-0.1, -0.05) is 50.2 Å². The summed E-state index contributed by atoms with van der Waals surface area (Å²) < 4.78 is 5.41. The molecule has 0 aliphatic heterocycles. The number of rotatable bonds is 6. The number of carbonyl (C=O) groups excluding carboxylic acids is 2. The van der Waals surface area contributed by atoms with E-state index in [9.17, 15) is 9.59 Å². The second kappa shape index (κ2) is 9.61. The highest BCUT2D eigenvalue weighted by atomic mass is 16.5. The van der Waals surface area contributed by atoms with Crippen LogP contribution < -0.4 is 5.32 Å². The maximum absolute atomic E-state index is 13.0. The van der Waals surface area contributed by atoms with Gasteiger partial charge in [0.25, 0.3) is 5.91 Å². The zero-order chi connectivity index (χ0) is 23.4. The van der Waals surface area contributed by atoms with Gasteiger partial charge in [0.1, 0.15) is 0 Å². The largest absolute Gasteiger partial charge is 0.452 e. The molecule has 0 bridgehead atoms. The number of nitrogens with zero attached hydrogens (tertiary/aromatic N) is 2. The van der Waals surface area contributed by atoms with Gasteiger partial charge in [-0.25, -0.2) is 9.78 Å². The molecule has 1 N–H and O–H groups in total. The molecule has 33 heavy (non-hydrogen) atoms. The van der Waals surface area contributed by atoms with E-state index < -0.39 is 5.97 Å². The smallest absolute Gasteiger partial charge is 0.339 e. The van der Waals surface area contributed by atoms with Crippen LogP contribution in [-0.4, -0.2) is 28.5 Å². The lowest BCUT2D eigenvalue weighted by Gasteiger charge is -2.16. The number of amides is 1. The molecular weight excluding hydrogens is 414 g/mol. The molecule has 0 fully saturated rings. The maximum Gasteiger partial charge on any atom is 0.339 e. The van der Waals surface area contributed by atoms with E-state index in [1.165, 1.54) is 0 Å². The monoisotopic (exact) mass is 439 g/mol. The molecule has 1 amide bonds. The summed E-state index contributed by atoms with van der Waals surface area (Å²) >= 11 is 0. The average molecular weight is 440 g/mol. The Morgan fingerprint density at radius 1 is 1.00 bits per heavy atom. The summed E-state index contributed by atoms with van der Waals surface area (Å²) in [7, 11) is 0. The van der Waals surface area contributed by atoms with Gasteiger partial charge in [-0.2, -0.15) is 0 Å². The van der Waals surface area contributed by atoms with Gasteiger partial charge in [-0.05, 0) is 48.2 Å². The summed E-state index contributed by atoms with van der Waals surface area (Å²) in [5.41, 5.74) is 5.27. The minimum absolute atomic E-state index is 0.248. The van der Waals surface area contributed by atoms with Gasteiger partial charge in [0.2, 0.25) is 0 Å². The third-order valence-corrected chi connectivity index (χ3v) is 5.44. The molecule has 0 aliphatic rings. The minimum atomic E-state index is -0.576. The Bertz CT molecular complexity index is 1320. The molecule has 6 nitrogen and oxygen atoms in total. The number of pyridine rings is 2. The van der Waals surface area contributed by atoms with Crippen LogP contribution in [0.3, 0.4) is 0 Å². The molecule has 0 spiro atoms. The Labute approximate surface area is 192 Å². The van der Waals surface area contributed by atoms with Crippen LogP contribution in [-0.2, 0) is 9.53 Å². The third-order valence-electron chi connectivity index (χ3n) is 5.44. The van der Waals surface area contributed by atoms with Crippen molar-refractivity contribution in [3.8, 4) is 11.3 Å². The van der Waals surface area contributed by atoms with Crippen LogP contribution >= 0.6 is 0 Å². The first-order chi connectivity index (χ1) is 15.9. The fourth-order valence-corrected chi connectivity index (χ4v) is 3.74. The van der Waals surface area contributed by atoms with E-state index in [2.05, 4.69) is 29.1 Å². The molecule has 2 aromatic heterocycles. The number of hydrogen-bond acceptors (Lipinski definition) is 5. The zero-order valence-corrected chi connectivity index (χ0v) is 18.8. The molecule has 2 heterocycles. The summed E-state index contributed by atoms with van der Waals surface area (Å²) in [6.07, 6.45) is 3.34. The van der Waals surface area contributed by atoms with Crippen LogP contribution in [0.5, 0.6) is 0 Å². The van der Waals surface area contributed by atoms with Crippen molar-refractivity contribution >= 4 is 28.5 Å². The summed E-state index contributed by atoms with van der Waals surface area (Å²) in [6.45, 7) is 5.70. The molecule has 0 saturated heterocycles. The molecular formula is C27H25N3O3. The maximum atomic E-state index is 13.0. The quantitative estimate of drug-likeness (QED) is 0.400. The van der Waals surface area contributed by atoms with Gasteiger partial charge in [-0.3, -0.25) is 9.78 Å². The first-order valence-corrected chi connectivity index (χ1v) is 10.8. The van der Waals surface area contributed by atoms with E-state index >= 15 is 0 Å². The number of nitrogens with one attached hydrogen (secondary N) is 1. The summed E-state index contributed by atoms with van der Waals surface area (Å²) in [5, 5.41) is 3.57. The molecule has 4 aromatic rings. The van der Waals surface area contributed by atoms with Crippen molar-refractivity contribution in [3.05, 3.63) is 89.7 Å². The van der Waals surface area contributed by atoms with Gasteiger partial charge >= 0.3 is 5.97 Å². The third kappa shape index (κ3) is 4.90. The molecule has 0 aliphatic carbocycles. The SMILES string of the molecule is Cc1cccc(C(C)C)c1NC(=O)COC(=O)c1cc(-c2ccncc2)nc2ccccc12. The van der Waals surface area contributed by atoms with Crippen LogP contribution in [0.1, 0.15) is 41.3 Å². The predicted octanol–water partition coefficient (Wildman–Crippen LogP) is 5.52. The van der Waals surface area contributed by atoms with Crippen LogP contribution in [0.4, 0.5) is 5.69 Å². The van der Waals surface area contributed by atoms with Gasteiger partial charge in [0.15, 0.2) is 6.61 Å². The number of para-hydroxylation sites is 2. The van der Waals surface area contributed by atoms with E-state index in [0.717, 1.165) is 22.4 Å². The van der Waals surface area contributed by atoms with E-state index in [1.807, 2.05) is 61.5 Å². The van der Waals surface area contributed by atoms with E-state index in [-0.39, 0.29) is 18.4 Å². The lowest BCUT2D eigenvalue weighted by Crippen LogP contribution is -2.22. The number of aromatic nitrogens is 2. The number of hydrogen-bond donors (Lipinski definition) is 1. The van der Waals surface area contributed by atoms with Crippen LogP contribution in [0, 0.1) is 6.92 Å². The molecule has 0 radical (unpaired) electrons. The summed E-state index contributed by atoms with van der Waals surface area (Å²) in [4.78, 5) is 34.3. The Morgan fingerprint density at radius 3 is 2.52 bits per heavy atom. The fraction of sp³-hybridized carbons (Fsp3) is 0.185. The summed E-state index contributed by atoms with van der Waals surface area (Å²) in [5.74, 6) is -0.710. The number of anilines is 1. The molecule has 6 heteroatoms. The van der Waals surface area contributed by atoms with E-state index in [1.54, 1.807) is 18.5 Å². The number of fused-ring (bicyclic) bond motifs is 1.